The Kier molecular flexibility index (Phi) is 3.38. The van der Waals surface area contributed by atoms with Crippen molar-refractivity contribution >= 4 is 6.03 Å². The first-order chi connectivity index (χ1) is 5.74. The van der Waals surface area contributed by atoms with Gasteiger partial charge in [0, 0.05) is 20.1 Å². The normalized spacial score (nSPS) is 15.8. The van der Waals surface area contributed by atoms with E-state index in [0.717, 1.165) is 25.4 Å². The van der Waals surface area contributed by atoms with Crippen LogP contribution >= 0.6 is 0 Å². The number of carbonyl (C=O) groups excluding carboxylic acids is 1. The first kappa shape index (κ1) is 9.36. The highest BCUT2D eigenvalue weighted by Gasteiger charge is 2.20. The van der Waals surface area contributed by atoms with Crippen LogP contribution < -0.4 is 5.32 Å². The maximum absolute atomic E-state index is 11.2. The van der Waals surface area contributed by atoms with Crippen molar-refractivity contribution in [3.8, 4) is 0 Å². The summed E-state index contributed by atoms with van der Waals surface area (Å²) in [5.74, 6) is 0.900. The molecule has 2 amide bonds. The summed E-state index contributed by atoms with van der Waals surface area (Å²) in [5, 5.41) is 2.89. The van der Waals surface area contributed by atoms with Gasteiger partial charge in [0.25, 0.3) is 0 Å². The monoisotopic (exact) mass is 170 g/mol. The van der Waals surface area contributed by atoms with Crippen molar-refractivity contribution in [2.24, 2.45) is 5.92 Å². The first-order valence-corrected chi connectivity index (χ1v) is 4.73. The van der Waals surface area contributed by atoms with E-state index < -0.39 is 0 Å². The van der Waals surface area contributed by atoms with Gasteiger partial charge in [-0.2, -0.15) is 0 Å². The van der Waals surface area contributed by atoms with Crippen LogP contribution in [0.25, 0.3) is 0 Å². The zero-order valence-corrected chi connectivity index (χ0v) is 7.97. The highest BCUT2D eigenvalue weighted by molar-refractivity contribution is 5.73. The number of nitrogens with one attached hydrogen (secondary N) is 1. The van der Waals surface area contributed by atoms with E-state index in [1.165, 1.54) is 12.8 Å². The Morgan fingerprint density at radius 1 is 1.58 bits per heavy atom. The molecule has 0 heterocycles. The first-order valence-electron chi connectivity index (χ1n) is 4.73. The zero-order valence-electron chi connectivity index (χ0n) is 7.97. The van der Waals surface area contributed by atoms with Gasteiger partial charge in [-0.25, -0.2) is 4.79 Å². The SMILES string of the molecule is CCN(C)C(=O)NCCC1CC1. The number of hydrogen-bond donors (Lipinski definition) is 1. The van der Waals surface area contributed by atoms with E-state index >= 15 is 0 Å². The van der Waals surface area contributed by atoms with E-state index in [4.69, 9.17) is 0 Å². The van der Waals surface area contributed by atoms with Gasteiger partial charge in [0.15, 0.2) is 0 Å². The molecule has 1 aliphatic carbocycles. The molecule has 12 heavy (non-hydrogen) atoms. The third-order valence-corrected chi connectivity index (χ3v) is 2.35. The second kappa shape index (κ2) is 4.33. The van der Waals surface area contributed by atoms with Crippen LogP contribution in [0.5, 0.6) is 0 Å². The van der Waals surface area contributed by atoms with E-state index in [1.54, 1.807) is 4.90 Å². The van der Waals surface area contributed by atoms with E-state index in [1.807, 2.05) is 14.0 Å². The summed E-state index contributed by atoms with van der Waals surface area (Å²) in [6, 6.07) is 0.0538. The predicted molar refractivity (Wildman–Crippen MR) is 49.0 cm³/mol. The van der Waals surface area contributed by atoms with Gasteiger partial charge < -0.3 is 10.2 Å². The molecule has 1 saturated carbocycles. The molecule has 0 unspecified atom stereocenters. The number of nitrogens with zero attached hydrogens (tertiary/aromatic N) is 1. The Morgan fingerprint density at radius 2 is 2.25 bits per heavy atom. The molecular weight excluding hydrogens is 152 g/mol. The van der Waals surface area contributed by atoms with E-state index in [0.29, 0.717) is 0 Å². The van der Waals surface area contributed by atoms with Gasteiger partial charge >= 0.3 is 6.03 Å². The third kappa shape index (κ3) is 3.11. The second-order valence-electron chi connectivity index (χ2n) is 3.48. The Labute approximate surface area is 74.1 Å². The molecule has 0 aromatic carbocycles. The maximum Gasteiger partial charge on any atom is 0.317 e. The lowest BCUT2D eigenvalue weighted by Gasteiger charge is -2.15. The van der Waals surface area contributed by atoms with Crippen LogP contribution in [0.2, 0.25) is 0 Å². The minimum absolute atomic E-state index is 0.0538. The molecule has 0 aliphatic heterocycles. The van der Waals surface area contributed by atoms with E-state index in [9.17, 15) is 4.79 Å². The van der Waals surface area contributed by atoms with Crippen LogP contribution in [0.3, 0.4) is 0 Å². The highest BCUT2D eigenvalue weighted by atomic mass is 16.2. The van der Waals surface area contributed by atoms with E-state index in [2.05, 4.69) is 5.32 Å². The van der Waals surface area contributed by atoms with Crippen molar-refractivity contribution in [1.82, 2.24) is 10.2 Å². The van der Waals surface area contributed by atoms with Crippen LogP contribution in [0.15, 0.2) is 0 Å². The smallest absolute Gasteiger partial charge is 0.317 e. The summed E-state index contributed by atoms with van der Waals surface area (Å²) >= 11 is 0. The molecule has 0 saturated heterocycles. The topological polar surface area (TPSA) is 32.3 Å². The summed E-state index contributed by atoms with van der Waals surface area (Å²) in [7, 11) is 1.81. The fraction of sp³-hybridized carbons (Fsp3) is 0.889. The Hall–Kier alpha value is -0.730. The lowest BCUT2D eigenvalue weighted by molar-refractivity contribution is 0.211. The summed E-state index contributed by atoms with van der Waals surface area (Å²) in [6.07, 6.45) is 3.88. The van der Waals surface area contributed by atoms with Gasteiger partial charge in [0.05, 0.1) is 0 Å². The second-order valence-corrected chi connectivity index (χ2v) is 3.48. The Bertz CT molecular complexity index is 155. The quantitative estimate of drug-likeness (QED) is 0.680. The molecule has 0 radical (unpaired) electrons. The molecule has 3 heteroatoms. The van der Waals surface area contributed by atoms with Gasteiger partial charge in [-0.1, -0.05) is 12.8 Å². The number of carbonyl (C=O) groups is 1. The van der Waals surface area contributed by atoms with Crippen molar-refractivity contribution in [2.45, 2.75) is 26.2 Å². The fourth-order valence-electron chi connectivity index (χ4n) is 1.07. The molecular formula is C9H18N2O. The van der Waals surface area contributed by atoms with Crippen molar-refractivity contribution in [3.05, 3.63) is 0 Å². The lowest BCUT2D eigenvalue weighted by atomic mass is 10.3. The minimum atomic E-state index is 0.0538. The highest BCUT2D eigenvalue weighted by Crippen LogP contribution is 2.31. The van der Waals surface area contributed by atoms with Gasteiger partial charge in [-0.15, -0.1) is 0 Å². The number of rotatable bonds is 4. The van der Waals surface area contributed by atoms with Crippen LogP contribution in [-0.2, 0) is 0 Å². The molecule has 1 fully saturated rings. The van der Waals surface area contributed by atoms with Crippen LogP contribution in [-0.4, -0.2) is 31.1 Å². The fourth-order valence-corrected chi connectivity index (χ4v) is 1.07. The number of urea groups is 1. The average molecular weight is 170 g/mol. The number of hydrogen-bond acceptors (Lipinski definition) is 1. The van der Waals surface area contributed by atoms with E-state index in [-0.39, 0.29) is 6.03 Å². The van der Waals surface area contributed by atoms with Gasteiger partial charge in [0.1, 0.15) is 0 Å². The Balaban J connectivity index is 2.00. The average Bonchev–Trinajstić information content (AvgIpc) is 2.86. The van der Waals surface area contributed by atoms with Crippen LogP contribution in [0.4, 0.5) is 4.79 Å². The molecule has 1 aliphatic rings. The molecule has 70 valence electrons. The van der Waals surface area contributed by atoms with Crippen LogP contribution in [0.1, 0.15) is 26.2 Å². The largest absolute Gasteiger partial charge is 0.338 e. The van der Waals surface area contributed by atoms with Gasteiger partial charge in [0.2, 0.25) is 0 Å². The van der Waals surface area contributed by atoms with Crippen molar-refractivity contribution < 1.29 is 4.79 Å². The minimum Gasteiger partial charge on any atom is -0.338 e. The predicted octanol–water partition coefficient (Wildman–Crippen LogP) is 1.45. The van der Waals surface area contributed by atoms with Crippen molar-refractivity contribution in [3.63, 3.8) is 0 Å². The molecule has 0 aromatic rings. The van der Waals surface area contributed by atoms with Gasteiger partial charge in [-0.3, -0.25) is 0 Å². The summed E-state index contributed by atoms with van der Waals surface area (Å²) in [6.45, 7) is 3.59. The third-order valence-electron chi connectivity index (χ3n) is 2.35. The molecule has 0 atom stereocenters. The molecule has 0 aromatic heterocycles. The van der Waals surface area contributed by atoms with Crippen molar-refractivity contribution in [2.75, 3.05) is 20.1 Å². The number of amides is 2. The summed E-state index contributed by atoms with van der Waals surface area (Å²) in [5.41, 5.74) is 0. The summed E-state index contributed by atoms with van der Waals surface area (Å²) in [4.78, 5) is 12.9. The van der Waals surface area contributed by atoms with Crippen molar-refractivity contribution in [1.29, 1.82) is 0 Å². The lowest BCUT2D eigenvalue weighted by Crippen LogP contribution is -2.37. The molecule has 0 spiro atoms. The standard InChI is InChI=1S/C9H18N2O/c1-3-11(2)9(12)10-7-6-8-4-5-8/h8H,3-7H2,1-2H3,(H,10,12). The maximum atomic E-state index is 11.2. The zero-order chi connectivity index (χ0) is 8.97. The molecule has 1 N–H and O–H groups in total. The van der Waals surface area contributed by atoms with Gasteiger partial charge in [-0.05, 0) is 19.3 Å². The molecule has 3 nitrogen and oxygen atoms in total. The summed E-state index contributed by atoms with van der Waals surface area (Å²) < 4.78 is 0. The molecule has 1 rings (SSSR count). The molecule has 0 bridgehead atoms. The van der Waals surface area contributed by atoms with Crippen LogP contribution in [0, 0.1) is 5.92 Å². The Morgan fingerprint density at radius 3 is 2.75 bits per heavy atom.